The number of pyridine rings is 1. The highest BCUT2D eigenvalue weighted by molar-refractivity contribution is 7.92. The van der Waals surface area contributed by atoms with Gasteiger partial charge >= 0.3 is 5.97 Å². The van der Waals surface area contributed by atoms with E-state index >= 15 is 0 Å². The van der Waals surface area contributed by atoms with Crippen molar-refractivity contribution < 1.29 is 23.1 Å². The number of hydrogen-bond acceptors (Lipinski definition) is 5. The second-order valence-corrected chi connectivity index (χ2v) is 10.6. The Labute approximate surface area is 194 Å². The molecule has 1 aromatic heterocycles. The van der Waals surface area contributed by atoms with E-state index in [1.54, 1.807) is 31.2 Å². The van der Waals surface area contributed by atoms with Crippen LogP contribution >= 0.6 is 0 Å². The SMILES string of the molecule is Cc1c(OCC(=O)O)cccc1N(Cc1ccc(C(C)(C)C)cc1)S(=O)(=O)c1cccnc1. The summed E-state index contributed by atoms with van der Waals surface area (Å²) in [7, 11) is -3.96. The Bertz CT molecular complexity index is 1220. The molecule has 8 heteroatoms. The summed E-state index contributed by atoms with van der Waals surface area (Å²) in [4.78, 5) is 15.0. The van der Waals surface area contributed by atoms with Crippen molar-refractivity contribution in [3.8, 4) is 5.75 Å². The standard InChI is InChI=1S/C25H28N2O5S/c1-18-22(8-5-9-23(18)32-17-24(28)29)27(33(30,31)21-7-6-14-26-15-21)16-19-10-12-20(13-11-19)25(2,3)4/h5-15H,16-17H2,1-4H3,(H,28,29). The van der Waals surface area contributed by atoms with Crippen LogP contribution in [0.15, 0.2) is 71.9 Å². The summed E-state index contributed by atoms with van der Waals surface area (Å²) in [6, 6.07) is 15.9. The molecule has 0 fully saturated rings. The molecule has 0 bridgehead atoms. The Kier molecular flexibility index (Phi) is 7.07. The average molecular weight is 469 g/mol. The lowest BCUT2D eigenvalue weighted by Crippen LogP contribution is -2.31. The fourth-order valence-electron chi connectivity index (χ4n) is 3.37. The lowest BCUT2D eigenvalue weighted by Gasteiger charge is -2.27. The third-order valence-electron chi connectivity index (χ3n) is 5.24. The summed E-state index contributed by atoms with van der Waals surface area (Å²) in [5, 5.41) is 8.96. The van der Waals surface area contributed by atoms with Gasteiger partial charge in [-0.2, -0.15) is 0 Å². The summed E-state index contributed by atoms with van der Waals surface area (Å²) >= 11 is 0. The number of sulfonamides is 1. The maximum absolute atomic E-state index is 13.6. The minimum absolute atomic E-state index is 0.0214. The first-order chi connectivity index (χ1) is 15.5. The van der Waals surface area contributed by atoms with Crippen molar-refractivity contribution in [2.75, 3.05) is 10.9 Å². The van der Waals surface area contributed by atoms with Gasteiger partial charge in [-0.15, -0.1) is 0 Å². The lowest BCUT2D eigenvalue weighted by molar-refractivity contribution is -0.139. The number of nitrogens with zero attached hydrogens (tertiary/aromatic N) is 2. The first-order valence-corrected chi connectivity index (χ1v) is 11.9. The molecule has 1 N–H and O–H groups in total. The quantitative estimate of drug-likeness (QED) is 0.521. The molecule has 0 radical (unpaired) electrons. The van der Waals surface area contributed by atoms with Crippen molar-refractivity contribution in [2.45, 2.75) is 44.6 Å². The van der Waals surface area contributed by atoms with Crippen LogP contribution in [-0.4, -0.2) is 31.1 Å². The number of aromatic nitrogens is 1. The van der Waals surface area contributed by atoms with E-state index < -0.39 is 22.6 Å². The zero-order chi connectivity index (χ0) is 24.2. The van der Waals surface area contributed by atoms with Crippen LogP contribution in [0.2, 0.25) is 0 Å². The third kappa shape index (κ3) is 5.70. The van der Waals surface area contributed by atoms with Crippen LogP contribution < -0.4 is 9.04 Å². The molecular formula is C25H28N2O5S. The topological polar surface area (TPSA) is 96.8 Å². The predicted molar refractivity (Wildman–Crippen MR) is 127 cm³/mol. The van der Waals surface area contributed by atoms with Gasteiger partial charge in [-0.1, -0.05) is 51.1 Å². The van der Waals surface area contributed by atoms with Gasteiger partial charge in [-0.05, 0) is 47.7 Å². The molecular weight excluding hydrogens is 440 g/mol. The van der Waals surface area contributed by atoms with Gasteiger partial charge in [0, 0.05) is 18.0 Å². The minimum atomic E-state index is -3.96. The third-order valence-corrected chi connectivity index (χ3v) is 6.99. The highest BCUT2D eigenvalue weighted by Gasteiger charge is 2.28. The number of aliphatic carboxylic acids is 1. The van der Waals surface area contributed by atoms with Gasteiger partial charge in [0.05, 0.1) is 12.2 Å². The number of benzene rings is 2. The van der Waals surface area contributed by atoms with Gasteiger partial charge in [-0.3, -0.25) is 9.29 Å². The normalized spacial score (nSPS) is 11.8. The number of carboxylic acids is 1. The Hall–Kier alpha value is -3.39. The Morgan fingerprint density at radius 2 is 1.76 bits per heavy atom. The molecule has 33 heavy (non-hydrogen) atoms. The number of rotatable bonds is 8. The van der Waals surface area contributed by atoms with Crippen molar-refractivity contribution in [3.63, 3.8) is 0 Å². The number of carbonyl (C=O) groups is 1. The van der Waals surface area contributed by atoms with E-state index in [0.717, 1.165) is 11.1 Å². The molecule has 0 amide bonds. The van der Waals surface area contributed by atoms with Crippen LogP contribution in [0.25, 0.3) is 0 Å². The van der Waals surface area contributed by atoms with E-state index in [2.05, 4.69) is 25.8 Å². The molecule has 0 aliphatic rings. The first-order valence-electron chi connectivity index (χ1n) is 10.5. The molecule has 0 atom stereocenters. The highest BCUT2D eigenvalue weighted by atomic mass is 32.2. The molecule has 2 aromatic carbocycles. The summed E-state index contributed by atoms with van der Waals surface area (Å²) in [6.07, 6.45) is 2.82. The Balaban J connectivity index is 2.07. The monoisotopic (exact) mass is 468 g/mol. The van der Waals surface area contributed by atoms with Gasteiger partial charge in [-0.25, -0.2) is 13.2 Å². The molecule has 174 valence electrons. The summed E-state index contributed by atoms with van der Waals surface area (Å²) in [5.41, 5.74) is 2.87. The zero-order valence-corrected chi connectivity index (χ0v) is 20.0. The van der Waals surface area contributed by atoms with Crippen molar-refractivity contribution in [1.29, 1.82) is 0 Å². The number of anilines is 1. The van der Waals surface area contributed by atoms with Crippen LogP contribution in [0, 0.1) is 6.92 Å². The van der Waals surface area contributed by atoms with Crippen LogP contribution in [0.5, 0.6) is 5.75 Å². The number of hydrogen-bond donors (Lipinski definition) is 1. The Morgan fingerprint density at radius 3 is 2.33 bits per heavy atom. The van der Waals surface area contributed by atoms with Crippen molar-refractivity contribution in [1.82, 2.24) is 4.98 Å². The average Bonchev–Trinajstić information content (AvgIpc) is 2.77. The minimum Gasteiger partial charge on any atom is -0.482 e. The van der Waals surface area contributed by atoms with E-state index in [4.69, 9.17) is 9.84 Å². The summed E-state index contributed by atoms with van der Waals surface area (Å²) in [5.74, 6) is -0.803. The maximum atomic E-state index is 13.6. The molecule has 0 unspecified atom stereocenters. The van der Waals surface area contributed by atoms with Gasteiger partial charge in [0.2, 0.25) is 0 Å². The van der Waals surface area contributed by atoms with E-state index in [0.29, 0.717) is 17.0 Å². The smallest absolute Gasteiger partial charge is 0.341 e. The molecule has 0 saturated carbocycles. The van der Waals surface area contributed by atoms with Crippen LogP contribution in [0.1, 0.15) is 37.5 Å². The van der Waals surface area contributed by atoms with Crippen molar-refractivity contribution in [2.24, 2.45) is 0 Å². The van der Waals surface area contributed by atoms with Crippen LogP contribution in [-0.2, 0) is 26.8 Å². The molecule has 3 aromatic rings. The lowest BCUT2D eigenvalue weighted by atomic mass is 9.87. The van der Waals surface area contributed by atoms with Crippen molar-refractivity contribution in [3.05, 3.63) is 83.7 Å². The van der Waals surface area contributed by atoms with Gasteiger partial charge in [0.25, 0.3) is 10.0 Å². The molecule has 1 heterocycles. The van der Waals surface area contributed by atoms with Crippen molar-refractivity contribution >= 4 is 21.7 Å². The van der Waals surface area contributed by atoms with Gasteiger partial charge in [0.15, 0.2) is 6.61 Å². The predicted octanol–water partition coefficient (Wildman–Crippen LogP) is 4.55. The van der Waals surface area contributed by atoms with Gasteiger partial charge in [0.1, 0.15) is 10.6 Å². The zero-order valence-electron chi connectivity index (χ0n) is 19.1. The van der Waals surface area contributed by atoms with Crippen LogP contribution in [0.3, 0.4) is 0 Å². The van der Waals surface area contributed by atoms with Crippen LogP contribution in [0.4, 0.5) is 5.69 Å². The van der Waals surface area contributed by atoms with E-state index in [1.165, 1.54) is 22.8 Å². The molecule has 0 aliphatic heterocycles. The van der Waals surface area contributed by atoms with E-state index in [-0.39, 0.29) is 16.9 Å². The molecule has 3 rings (SSSR count). The number of ether oxygens (including phenoxy) is 1. The largest absolute Gasteiger partial charge is 0.482 e. The highest BCUT2D eigenvalue weighted by Crippen LogP contribution is 2.34. The first kappa shape index (κ1) is 24.3. The van der Waals surface area contributed by atoms with E-state index in [1.807, 2.05) is 24.3 Å². The molecule has 0 spiro atoms. The summed E-state index contributed by atoms with van der Waals surface area (Å²) < 4.78 is 34.0. The fourth-order valence-corrected chi connectivity index (χ4v) is 4.85. The fraction of sp³-hybridized carbons (Fsp3) is 0.280. The maximum Gasteiger partial charge on any atom is 0.341 e. The molecule has 0 aliphatic carbocycles. The Morgan fingerprint density at radius 1 is 1.06 bits per heavy atom. The number of carboxylic acid groups (broad SMARTS) is 1. The molecule has 7 nitrogen and oxygen atoms in total. The molecule has 0 saturated heterocycles. The summed E-state index contributed by atoms with van der Waals surface area (Å²) in [6.45, 7) is 7.63. The van der Waals surface area contributed by atoms with E-state index in [9.17, 15) is 13.2 Å². The second-order valence-electron chi connectivity index (χ2n) is 8.73. The second kappa shape index (κ2) is 9.62. The van der Waals surface area contributed by atoms with Gasteiger partial charge < -0.3 is 9.84 Å².